The first-order valence-corrected chi connectivity index (χ1v) is 8.55. The molecule has 2 unspecified atom stereocenters. The number of amides is 2. The number of hydrogen-bond donors (Lipinski definition) is 2. The second-order valence-corrected chi connectivity index (χ2v) is 6.75. The van der Waals surface area contributed by atoms with Crippen LogP contribution in [-0.2, 0) is 9.59 Å². The van der Waals surface area contributed by atoms with E-state index in [0.717, 1.165) is 42.4 Å². The molecular formula is C16H20BrN3O2. The topological polar surface area (TPSA) is 61.4 Å². The SMILES string of the molecule is O=C(Nc1ccc(Br)cc1)C1CCCN1C(=O)C1CCCN1. The molecule has 2 fully saturated rings. The van der Waals surface area contributed by atoms with Crippen LogP contribution in [0.1, 0.15) is 25.7 Å². The van der Waals surface area contributed by atoms with E-state index in [1.165, 1.54) is 0 Å². The highest BCUT2D eigenvalue weighted by molar-refractivity contribution is 9.10. The zero-order chi connectivity index (χ0) is 15.5. The van der Waals surface area contributed by atoms with Gasteiger partial charge in [-0.3, -0.25) is 9.59 Å². The molecule has 2 aliphatic rings. The fourth-order valence-electron chi connectivity index (χ4n) is 3.16. The Morgan fingerprint density at radius 3 is 2.64 bits per heavy atom. The number of anilines is 1. The molecule has 2 aliphatic heterocycles. The Morgan fingerprint density at radius 2 is 1.95 bits per heavy atom. The average molecular weight is 366 g/mol. The van der Waals surface area contributed by atoms with Crippen molar-refractivity contribution in [2.75, 3.05) is 18.4 Å². The highest BCUT2D eigenvalue weighted by atomic mass is 79.9. The third-order valence-electron chi connectivity index (χ3n) is 4.31. The monoisotopic (exact) mass is 365 g/mol. The number of carbonyl (C=O) groups is 2. The van der Waals surface area contributed by atoms with Gasteiger partial charge in [-0.25, -0.2) is 0 Å². The van der Waals surface area contributed by atoms with Crippen molar-refractivity contribution in [3.63, 3.8) is 0 Å². The van der Waals surface area contributed by atoms with Crippen molar-refractivity contribution in [1.82, 2.24) is 10.2 Å². The average Bonchev–Trinajstić information content (AvgIpc) is 3.20. The molecule has 0 spiro atoms. The zero-order valence-corrected chi connectivity index (χ0v) is 13.9. The Morgan fingerprint density at radius 1 is 1.18 bits per heavy atom. The Bertz CT molecular complexity index is 555. The predicted octanol–water partition coefficient (Wildman–Crippen LogP) is 2.13. The van der Waals surface area contributed by atoms with Crippen molar-refractivity contribution in [3.05, 3.63) is 28.7 Å². The van der Waals surface area contributed by atoms with Crippen LogP contribution in [0.4, 0.5) is 5.69 Å². The van der Waals surface area contributed by atoms with E-state index in [1.54, 1.807) is 4.90 Å². The molecule has 0 aliphatic carbocycles. The third kappa shape index (κ3) is 3.33. The number of benzene rings is 1. The molecule has 2 saturated heterocycles. The van der Waals surface area contributed by atoms with Gasteiger partial charge in [0.25, 0.3) is 0 Å². The molecule has 0 saturated carbocycles. The molecule has 5 nitrogen and oxygen atoms in total. The molecule has 3 rings (SSSR count). The van der Waals surface area contributed by atoms with Gasteiger partial charge >= 0.3 is 0 Å². The van der Waals surface area contributed by atoms with Gasteiger partial charge in [0.1, 0.15) is 6.04 Å². The highest BCUT2D eigenvalue weighted by Gasteiger charge is 2.37. The summed E-state index contributed by atoms with van der Waals surface area (Å²) in [6.07, 6.45) is 3.52. The van der Waals surface area contributed by atoms with Gasteiger partial charge in [-0.05, 0) is 56.5 Å². The summed E-state index contributed by atoms with van der Waals surface area (Å²) in [5.74, 6) is -0.0166. The molecule has 0 aromatic heterocycles. The molecule has 1 aromatic rings. The highest BCUT2D eigenvalue weighted by Crippen LogP contribution is 2.22. The van der Waals surface area contributed by atoms with Crippen LogP contribution in [0.3, 0.4) is 0 Å². The summed E-state index contributed by atoms with van der Waals surface area (Å²) in [6.45, 7) is 1.56. The smallest absolute Gasteiger partial charge is 0.247 e. The number of hydrogen-bond acceptors (Lipinski definition) is 3. The molecule has 118 valence electrons. The first-order chi connectivity index (χ1) is 10.6. The van der Waals surface area contributed by atoms with Crippen LogP contribution in [0.2, 0.25) is 0 Å². The van der Waals surface area contributed by atoms with E-state index in [0.29, 0.717) is 6.54 Å². The van der Waals surface area contributed by atoms with Crippen molar-refractivity contribution in [1.29, 1.82) is 0 Å². The second kappa shape index (κ2) is 6.79. The zero-order valence-electron chi connectivity index (χ0n) is 12.3. The van der Waals surface area contributed by atoms with Crippen LogP contribution in [0.5, 0.6) is 0 Å². The van der Waals surface area contributed by atoms with Crippen LogP contribution in [0.15, 0.2) is 28.7 Å². The van der Waals surface area contributed by atoms with Gasteiger partial charge in [0.15, 0.2) is 0 Å². The van der Waals surface area contributed by atoms with E-state index in [2.05, 4.69) is 26.6 Å². The number of carbonyl (C=O) groups excluding carboxylic acids is 2. The van der Waals surface area contributed by atoms with Crippen molar-refractivity contribution in [3.8, 4) is 0 Å². The molecule has 1 aromatic carbocycles. The minimum absolute atomic E-state index is 0.0750. The maximum Gasteiger partial charge on any atom is 0.247 e. The lowest BCUT2D eigenvalue weighted by Crippen LogP contribution is -2.49. The van der Waals surface area contributed by atoms with Crippen LogP contribution in [0, 0.1) is 0 Å². The Balaban J connectivity index is 1.65. The van der Waals surface area contributed by atoms with Gasteiger partial charge in [0.05, 0.1) is 6.04 Å². The molecular weight excluding hydrogens is 346 g/mol. The van der Waals surface area contributed by atoms with Crippen molar-refractivity contribution in [2.45, 2.75) is 37.8 Å². The maximum absolute atomic E-state index is 12.5. The van der Waals surface area contributed by atoms with E-state index >= 15 is 0 Å². The third-order valence-corrected chi connectivity index (χ3v) is 4.84. The maximum atomic E-state index is 12.5. The molecule has 2 atom stereocenters. The Hall–Kier alpha value is -1.40. The minimum atomic E-state index is -0.349. The summed E-state index contributed by atoms with van der Waals surface area (Å²) in [7, 11) is 0. The lowest BCUT2D eigenvalue weighted by atomic mass is 10.1. The summed E-state index contributed by atoms with van der Waals surface area (Å²) in [4.78, 5) is 26.8. The Kier molecular flexibility index (Phi) is 4.78. The fraction of sp³-hybridized carbons (Fsp3) is 0.500. The minimum Gasteiger partial charge on any atom is -0.329 e. The summed E-state index contributed by atoms with van der Waals surface area (Å²) in [6, 6.07) is 7.01. The molecule has 2 N–H and O–H groups in total. The fourth-order valence-corrected chi connectivity index (χ4v) is 3.42. The van der Waals surface area contributed by atoms with Gasteiger partial charge < -0.3 is 15.5 Å². The quantitative estimate of drug-likeness (QED) is 0.862. The van der Waals surface area contributed by atoms with Crippen LogP contribution in [0.25, 0.3) is 0 Å². The van der Waals surface area contributed by atoms with Crippen LogP contribution < -0.4 is 10.6 Å². The summed E-state index contributed by atoms with van der Waals surface area (Å²) < 4.78 is 0.968. The van der Waals surface area contributed by atoms with Gasteiger partial charge in [-0.2, -0.15) is 0 Å². The van der Waals surface area contributed by atoms with Gasteiger partial charge in [-0.1, -0.05) is 15.9 Å². The normalized spacial score (nSPS) is 24.5. The first kappa shape index (κ1) is 15.5. The summed E-state index contributed by atoms with van der Waals surface area (Å²) >= 11 is 3.37. The van der Waals surface area contributed by atoms with E-state index in [1.807, 2.05) is 24.3 Å². The lowest BCUT2D eigenvalue weighted by Gasteiger charge is -2.26. The van der Waals surface area contributed by atoms with Gasteiger partial charge in [-0.15, -0.1) is 0 Å². The standard InChI is InChI=1S/C16H20BrN3O2/c17-11-5-7-12(8-6-11)19-15(21)14-4-2-10-20(14)16(22)13-3-1-9-18-13/h5-8,13-14,18H,1-4,9-10H2,(H,19,21). The van der Waals surface area contributed by atoms with Crippen LogP contribution >= 0.6 is 15.9 Å². The number of nitrogens with zero attached hydrogens (tertiary/aromatic N) is 1. The molecule has 0 bridgehead atoms. The summed E-state index contributed by atoms with van der Waals surface area (Å²) in [5, 5.41) is 6.13. The van der Waals surface area contributed by atoms with Crippen LogP contribution in [-0.4, -0.2) is 41.9 Å². The lowest BCUT2D eigenvalue weighted by molar-refractivity contribution is -0.138. The van der Waals surface area contributed by atoms with E-state index in [-0.39, 0.29) is 23.9 Å². The van der Waals surface area contributed by atoms with E-state index in [9.17, 15) is 9.59 Å². The van der Waals surface area contributed by atoms with E-state index < -0.39 is 0 Å². The first-order valence-electron chi connectivity index (χ1n) is 7.75. The number of rotatable bonds is 3. The van der Waals surface area contributed by atoms with E-state index in [4.69, 9.17) is 0 Å². The molecule has 2 amide bonds. The van der Waals surface area contributed by atoms with Gasteiger partial charge in [0.2, 0.25) is 11.8 Å². The number of halogens is 1. The largest absolute Gasteiger partial charge is 0.329 e. The summed E-state index contributed by atoms with van der Waals surface area (Å²) in [5.41, 5.74) is 0.756. The van der Waals surface area contributed by atoms with Crippen molar-refractivity contribution in [2.24, 2.45) is 0 Å². The molecule has 22 heavy (non-hydrogen) atoms. The molecule has 0 radical (unpaired) electrons. The molecule has 6 heteroatoms. The molecule has 2 heterocycles. The van der Waals surface area contributed by atoms with Gasteiger partial charge in [0, 0.05) is 16.7 Å². The second-order valence-electron chi connectivity index (χ2n) is 5.83. The predicted molar refractivity (Wildman–Crippen MR) is 88.5 cm³/mol. The Labute approximate surface area is 138 Å². The number of nitrogens with one attached hydrogen (secondary N) is 2. The van der Waals surface area contributed by atoms with Crippen molar-refractivity contribution >= 4 is 33.4 Å². The number of likely N-dealkylation sites (tertiary alicyclic amines) is 1. The van der Waals surface area contributed by atoms with Crippen molar-refractivity contribution < 1.29 is 9.59 Å².